The third-order valence-corrected chi connectivity index (χ3v) is 6.42. The summed E-state index contributed by atoms with van der Waals surface area (Å²) in [5.74, 6) is 0.805. The quantitative estimate of drug-likeness (QED) is 0.806. The van der Waals surface area contributed by atoms with Gasteiger partial charge in [-0.1, -0.05) is 29.8 Å². The van der Waals surface area contributed by atoms with E-state index in [1.807, 2.05) is 34.9 Å². The smallest absolute Gasteiger partial charge is 0.256 e. The Morgan fingerprint density at radius 2 is 2.08 bits per heavy atom. The van der Waals surface area contributed by atoms with Gasteiger partial charge in [0.05, 0.1) is 6.33 Å². The predicted molar refractivity (Wildman–Crippen MR) is 106 cm³/mol. The first kappa shape index (κ1) is 19.0. The highest BCUT2D eigenvalue weighted by Crippen LogP contribution is 2.37. The molecule has 0 N–H and O–H groups in total. The molecule has 3 rings (SSSR count). The van der Waals surface area contributed by atoms with Crippen molar-refractivity contribution in [2.24, 2.45) is 0 Å². The summed E-state index contributed by atoms with van der Waals surface area (Å²) in [5.41, 5.74) is 2.27. The molecule has 5 nitrogen and oxygen atoms in total. The Hall–Kier alpha value is -1.79. The first-order chi connectivity index (χ1) is 12.5. The summed E-state index contributed by atoms with van der Waals surface area (Å²) in [6.07, 6.45) is 2.31. The van der Waals surface area contributed by atoms with Crippen molar-refractivity contribution < 1.29 is 4.79 Å². The van der Waals surface area contributed by atoms with Gasteiger partial charge in [0.15, 0.2) is 0 Å². The fraction of sp³-hybridized carbons (Fsp3) is 0.421. The number of thioether (sulfide) groups is 1. The summed E-state index contributed by atoms with van der Waals surface area (Å²) in [6.45, 7) is 4.91. The van der Waals surface area contributed by atoms with E-state index in [9.17, 15) is 9.59 Å². The van der Waals surface area contributed by atoms with Crippen molar-refractivity contribution in [3.05, 3.63) is 62.8 Å². The molecule has 138 valence electrons. The Labute approximate surface area is 162 Å². The predicted octanol–water partition coefficient (Wildman–Crippen LogP) is 3.22. The molecule has 1 fully saturated rings. The van der Waals surface area contributed by atoms with Crippen LogP contribution in [0.3, 0.4) is 0 Å². The van der Waals surface area contributed by atoms with E-state index in [1.54, 1.807) is 13.8 Å². The van der Waals surface area contributed by atoms with Crippen molar-refractivity contribution in [1.29, 1.82) is 0 Å². The molecule has 0 aliphatic carbocycles. The van der Waals surface area contributed by atoms with E-state index in [2.05, 4.69) is 11.1 Å². The number of carbonyl (C=O) groups is 1. The zero-order valence-corrected chi connectivity index (χ0v) is 16.5. The number of benzene rings is 1. The van der Waals surface area contributed by atoms with Gasteiger partial charge in [0.1, 0.15) is 6.54 Å². The van der Waals surface area contributed by atoms with Gasteiger partial charge >= 0.3 is 0 Å². The van der Waals surface area contributed by atoms with E-state index in [1.165, 1.54) is 10.9 Å². The van der Waals surface area contributed by atoms with Crippen molar-refractivity contribution in [1.82, 2.24) is 14.5 Å². The molecular formula is C19H22ClN3O2S. The van der Waals surface area contributed by atoms with Gasteiger partial charge < -0.3 is 4.90 Å². The lowest BCUT2D eigenvalue weighted by molar-refractivity contribution is -0.131. The Balaban J connectivity index is 1.68. The molecule has 2 heterocycles. The number of hydrogen-bond acceptors (Lipinski definition) is 4. The molecule has 26 heavy (non-hydrogen) atoms. The lowest BCUT2D eigenvalue weighted by Crippen LogP contribution is -2.38. The summed E-state index contributed by atoms with van der Waals surface area (Å²) < 4.78 is 1.40. The van der Waals surface area contributed by atoms with Crippen LogP contribution >= 0.6 is 23.4 Å². The molecule has 1 saturated heterocycles. The number of carbonyl (C=O) groups excluding carboxylic acids is 1. The highest BCUT2D eigenvalue weighted by Gasteiger charge is 2.23. The average molecular weight is 392 g/mol. The highest BCUT2D eigenvalue weighted by molar-refractivity contribution is 7.99. The molecule has 1 aromatic heterocycles. The first-order valence-electron chi connectivity index (χ1n) is 8.64. The van der Waals surface area contributed by atoms with E-state index < -0.39 is 0 Å². The Bertz CT molecular complexity index is 868. The molecule has 0 unspecified atom stereocenters. The van der Waals surface area contributed by atoms with Gasteiger partial charge in [-0.15, -0.1) is 0 Å². The van der Waals surface area contributed by atoms with Crippen molar-refractivity contribution in [2.75, 3.05) is 18.8 Å². The molecule has 1 amide bonds. The molecule has 1 aromatic carbocycles. The standard InChI is InChI=1S/C19H22ClN3O2S/c1-13-14(2)21-12-23(19(13)25)11-18(24)22-8-7-17(26-10-9-22)15-5-3-4-6-16(15)20/h3-6,12,17H,7-11H2,1-2H3/t17-/m1/s1. The van der Waals surface area contributed by atoms with Crippen LogP contribution in [0.5, 0.6) is 0 Å². The van der Waals surface area contributed by atoms with Gasteiger partial charge in [-0.05, 0) is 31.9 Å². The third-order valence-electron chi connectivity index (χ3n) is 4.77. The van der Waals surface area contributed by atoms with Gasteiger partial charge in [0.2, 0.25) is 5.91 Å². The largest absolute Gasteiger partial charge is 0.340 e. The molecule has 1 aliphatic heterocycles. The first-order valence-corrected chi connectivity index (χ1v) is 10.1. The van der Waals surface area contributed by atoms with Crippen LogP contribution in [0.4, 0.5) is 0 Å². The zero-order chi connectivity index (χ0) is 18.7. The van der Waals surface area contributed by atoms with Crippen LogP contribution in [-0.2, 0) is 11.3 Å². The molecular weight excluding hydrogens is 370 g/mol. The number of amides is 1. The lowest BCUT2D eigenvalue weighted by atomic mass is 10.1. The Kier molecular flexibility index (Phi) is 6.04. The minimum Gasteiger partial charge on any atom is -0.340 e. The molecule has 1 atom stereocenters. The molecule has 0 saturated carbocycles. The van der Waals surface area contributed by atoms with Gasteiger partial charge in [-0.3, -0.25) is 14.2 Å². The van der Waals surface area contributed by atoms with E-state index in [4.69, 9.17) is 11.6 Å². The van der Waals surface area contributed by atoms with Crippen LogP contribution in [0.2, 0.25) is 5.02 Å². The van der Waals surface area contributed by atoms with Crippen LogP contribution in [0.1, 0.15) is 28.5 Å². The monoisotopic (exact) mass is 391 g/mol. The summed E-state index contributed by atoms with van der Waals surface area (Å²) in [7, 11) is 0. The summed E-state index contributed by atoms with van der Waals surface area (Å²) in [4.78, 5) is 31.0. The van der Waals surface area contributed by atoms with Crippen molar-refractivity contribution in [2.45, 2.75) is 32.1 Å². The van der Waals surface area contributed by atoms with Gasteiger partial charge in [0, 0.05) is 40.4 Å². The molecule has 7 heteroatoms. The molecule has 0 bridgehead atoms. The zero-order valence-electron chi connectivity index (χ0n) is 14.9. The SMILES string of the molecule is Cc1ncn(CC(=O)N2CCS[C@@H](c3ccccc3Cl)CC2)c(=O)c1C. The Morgan fingerprint density at radius 3 is 2.85 bits per heavy atom. The number of hydrogen-bond donors (Lipinski definition) is 0. The number of halogens is 1. The topological polar surface area (TPSA) is 55.2 Å². The van der Waals surface area contributed by atoms with Crippen LogP contribution in [0.25, 0.3) is 0 Å². The second kappa shape index (κ2) is 8.27. The van der Waals surface area contributed by atoms with Crippen LogP contribution < -0.4 is 5.56 Å². The summed E-state index contributed by atoms with van der Waals surface area (Å²) >= 11 is 8.15. The van der Waals surface area contributed by atoms with E-state index >= 15 is 0 Å². The summed E-state index contributed by atoms with van der Waals surface area (Å²) in [5, 5.41) is 1.06. The number of rotatable bonds is 3. The van der Waals surface area contributed by atoms with Gasteiger partial charge in [0.25, 0.3) is 5.56 Å². The van der Waals surface area contributed by atoms with E-state index in [0.717, 1.165) is 22.8 Å². The summed E-state index contributed by atoms with van der Waals surface area (Å²) in [6, 6.07) is 7.88. The van der Waals surface area contributed by atoms with E-state index in [0.29, 0.717) is 24.3 Å². The Morgan fingerprint density at radius 1 is 1.31 bits per heavy atom. The van der Waals surface area contributed by atoms with Crippen molar-refractivity contribution in [3.63, 3.8) is 0 Å². The molecule has 0 spiro atoms. The third kappa shape index (κ3) is 4.13. The normalized spacial score (nSPS) is 17.8. The van der Waals surface area contributed by atoms with Crippen LogP contribution in [-0.4, -0.2) is 39.2 Å². The van der Waals surface area contributed by atoms with Crippen molar-refractivity contribution in [3.8, 4) is 0 Å². The maximum Gasteiger partial charge on any atom is 0.256 e. The average Bonchev–Trinajstić information content (AvgIpc) is 2.89. The van der Waals surface area contributed by atoms with E-state index in [-0.39, 0.29) is 23.3 Å². The maximum atomic E-state index is 12.7. The van der Waals surface area contributed by atoms with Crippen LogP contribution in [0.15, 0.2) is 35.4 Å². The molecule has 1 aliphatic rings. The number of aromatic nitrogens is 2. The minimum atomic E-state index is -0.149. The maximum absolute atomic E-state index is 12.7. The molecule has 2 aromatic rings. The van der Waals surface area contributed by atoms with Crippen LogP contribution in [0, 0.1) is 13.8 Å². The second-order valence-electron chi connectivity index (χ2n) is 6.44. The fourth-order valence-electron chi connectivity index (χ4n) is 3.04. The lowest BCUT2D eigenvalue weighted by Gasteiger charge is -2.21. The number of aryl methyl sites for hydroxylation is 1. The second-order valence-corrected chi connectivity index (χ2v) is 8.16. The van der Waals surface area contributed by atoms with Gasteiger partial charge in [-0.2, -0.15) is 11.8 Å². The minimum absolute atomic E-state index is 0.0361. The number of nitrogens with zero attached hydrogens (tertiary/aromatic N) is 3. The fourth-order valence-corrected chi connectivity index (χ4v) is 4.64. The van der Waals surface area contributed by atoms with Crippen molar-refractivity contribution >= 4 is 29.3 Å². The highest BCUT2D eigenvalue weighted by atomic mass is 35.5. The molecule has 0 radical (unpaired) electrons. The van der Waals surface area contributed by atoms with Gasteiger partial charge in [-0.25, -0.2) is 4.98 Å².